The van der Waals surface area contributed by atoms with Crippen molar-refractivity contribution in [3.05, 3.63) is 0 Å². The number of ether oxygens (including phenoxy) is 1. The number of hydrogen-bond acceptors (Lipinski definition) is 3. The van der Waals surface area contributed by atoms with E-state index >= 15 is 0 Å². The molecule has 4 nitrogen and oxygen atoms in total. The van der Waals surface area contributed by atoms with Crippen LogP contribution in [0.5, 0.6) is 0 Å². The molecule has 0 spiro atoms. The molecule has 0 aromatic rings. The van der Waals surface area contributed by atoms with E-state index in [0.717, 1.165) is 38.8 Å². The summed E-state index contributed by atoms with van der Waals surface area (Å²) in [6.07, 6.45) is 6.54. The smallest absolute Gasteiger partial charge is 0.227 e. The van der Waals surface area contributed by atoms with Gasteiger partial charge in [0.2, 0.25) is 5.91 Å². The summed E-state index contributed by atoms with van der Waals surface area (Å²) in [5, 5.41) is 3.11. The van der Waals surface area contributed by atoms with Crippen LogP contribution in [-0.4, -0.2) is 32.7 Å². The van der Waals surface area contributed by atoms with Gasteiger partial charge in [-0.2, -0.15) is 0 Å². The number of rotatable bonds is 7. The SMILES string of the molecule is COCCC1(CNC(=O)C2(CN)CCC2)CC1. The minimum atomic E-state index is -0.239. The number of carbonyl (C=O) groups excluding carboxylic acids is 1. The van der Waals surface area contributed by atoms with Gasteiger partial charge in [0.25, 0.3) is 0 Å². The third-order valence-corrected chi connectivity index (χ3v) is 4.60. The Kier molecular flexibility index (Phi) is 3.73. The molecular formula is C13H24N2O2. The summed E-state index contributed by atoms with van der Waals surface area (Å²) in [7, 11) is 1.73. The highest BCUT2D eigenvalue weighted by Gasteiger charge is 2.46. The topological polar surface area (TPSA) is 64.3 Å². The largest absolute Gasteiger partial charge is 0.385 e. The van der Waals surface area contributed by atoms with Crippen LogP contribution in [0.25, 0.3) is 0 Å². The molecule has 0 bridgehead atoms. The van der Waals surface area contributed by atoms with E-state index in [0.29, 0.717) is 12.0 Å². The summed E-state index contributed by atoms with van der Waals surface area (Å²) >= 11 is 0. The van der Waals surface area contributed by atoms with E-state index in [1.165, 1.54) is 12.8 Å². The van der Waals surface area contributed by atoms with Crippen LogP contribution < -0.4 is 11.1 Å². The normalized spacial score (nSPS) is 23.9. The van der Waals surface area contributed by atoms with Gasteiger partial charge in [0.1, 0.15) is 0 Å². The quantitative estimate of drug-likeness (QED) is 0.699. The molecule has 1 amide bonds. The zero-order valence-corrected chi connectivity index (χ0v) is 10.8. The van der Waals surface area contributed by atoms with Crippen molar-refractivity contribution in [1.29, 1.82) is 0 Å². The van der Waals surface area contributed by atoms with Crippen LogP contribution in [0.15, 0.2) is 0 Å². The van der Waals surface area contributed by atoms with E-state index < -0.39 is 0 Å². The fraction of sp³-hybridized carbons (Fsp3) is 0.923. The van der Waals surface area contributed by atoms with Crippen LogP contribution in [0.2, 0.25) is 0 Å². The molecule has 2 rings (SSSR count). The first-order chi connectivity index (χ1) is 8.16. The number of hydrogen-bond donors (Lipinski definition) is 2. The third kappa shape index (κ3) is 2.63. The Balaban J connectivity index is 1.76. The maximum absolute atomic E-state index is 12.1. The Labute approximate surface area is 103 Å². The van der Waals surface area contributed by atoms with Gasteiger partial charge in [-0.3, -0.25) is 4.79 Å². The predicted molar refractivity (Wildman–Crippen MR) is 66.5 cm³/mol. The van der Waals surface area contributed by atoms with Crippen LogP contribution in [0.1, 0.15) is 38.5 Å². The van der Waals surface area contributed by atoms with Gasteiger partial charge in [0.15, 0.2) is 0 Å². The fourth-order valence-electron chi connectivity index (χ4n) is 2.59. The maximum Gasteiger partial charge on any atom is 0.227 e. The van der Waals surface area contributed by atoms with E-state index in [-0.39, 0.29) is 11.3 Å². The van der Waals surface area contributed by atoms with Gasteiger partial charge in [0.05, 0.1) is 5.41 Å². The zero-order chi connectivity index (χ0) is 12.4. The van der Waals surface area contributed by atoms with Crippen molar-refractivity contribution in [2.24, 2.45) is 16.6 Å². The number of carbonyl (C=O) groups is 1. The molecule has 2 aliphatic rings. The van der Waals surface area contributed by atoms with Crippen LogP contribution in [0.3, 0.4) is 0 Å². The second kappa shape index (κ2) is 4.94. The highest BCUT2D eigenvalue weighted by Crippen LogP contribution is 2.48. The van der Waals surface area contributed by atoms with E-state index in [1.807, 2.05) is 0 Å². The minimum Gasteiger partial charge on any atom is -0.385 e. The van der Waals surface area contributed by atoms with E-state index in [9.17, 15) is 4.79 Å². The highest BCUT2D eigenvalue weighted by atomic mass is 16.5. The molecule has 0 heterocycles. The number of nitrogens with one attached hydrogen (secondary N) is 1. The number of methoxy groups -OCH3 is 1. The standard InChI is InChI=1S/C13H24N2O2/c1-17-8-7-12(5-6-12)10-15-11(16)13(9-14)3-2-4-13/h2-10,14H2,1H3,(H,15,16). The molecule has 0 unspecified atom stereocenters. The molecule has 0 aromatic carbocycles. The first-order valence-corrected chi connectivity index (χ1v) is 6.64. The molecule has 4 heteroatoms. The lowest BCUT2D eigenvalue weighted by Crippen LogP contribution is -2.51. The van der Waals surface area contributed by atoms with Crippen LogP contribution in [-0.2, 0) is 9.53 Å². The molecule has 17 heavy (non-hydrogen) atoms. The Morgan fingerprint density at radius 3 is 2.47 bits per heavy atom. The van der Waals surface area contributed by atoms with Crippen molar-refractivity contribution in [2.45, 2.75) is 38.5 Å². The Morgan fingerprint density at radius 1 is 1.35 bits per heavy atom. The lowest BCUT2D eigenvalue weighted by Gasteiger charge is -2.39. The summed E-state index contributed by atoms with van der Waals surface area (Å²) < 4.78 is 5.11. The first kappa shape index (κ1) is 12.8. The molecular weight excluding hydrogens is 216 g/mol. The van der Waals surface area contributed by atoms with E-state index in [4.69, 9.17) is 10.5 Å². The number of nitrogens with two attached hydrogens (primary N) is 1. The minimum absolute atomic E-state index is 0.176. The summed E-state index contributed by atoms with van der Waals surface area (Å²) in [6.45, 7) is 2.08. The molecule has 0 aromatic heterocycles. The zero-order valence-electron chi connectivity index (χ0n) is 10.8. The van der Waals surface area contributed by atoms with Gasteiger partial charge in [-0.15, -0.1) is 0 Å². The van der Waals surface area contributed by atoms with Gasteiger partial charge in [0, 0.05) is 26.8 Å². The first-order valence-electron chi connectivity index (χ1n) is 6.64. The van der Waals surface area contributed by atoms with Gasteiger partial charge in [-0.25, -0.2) is 0 Å². The van der Waals surface area contributed by atoms with Crippen LogP contribution in [0, 0.1) is 10.8 Å². The monoisotopic (exact) mass is 240 g/mol. The third-order valence-electron chi connectivity index (χ3n) is 4.60. The summed E-state index contributed by atoms with van der Waals surface area (Å²) in [6, 6.07) is 0. The Bertz CT molecular complexity index is 278. The lowest BCUT2D eigenvalue weighted by atomic mass is 9.68. The van der Waals surface area contributed by atoms with Crippen molar-refractivity contribution in [3.63, 3.8) is 0 Å². The van der Waals surface area contributed by atoms with Gasteiger partial charge in [-0.1, -0.05) is 6.42 Å². The summed E-state index contributed by atoms with van der Waals surface area (Å²) in [5.41, 5.74) is 5.81. The maximum atomic E-state index is 12.1. The molecule has 0 radical (unpaired) electrons. The average Bonchev–Trinajstić information content (AvgIpc) is 3.04. The second-order valence-electron chi connectivity index (χ2n) is 5.76. The number of amides is 1. The highest BCUT2D eigenvalue weighted by molar-refractivity contribution is 5.83. The summed E-state index contributed by atoms with van der Waals surface area (Å²) in [5.74, 6) is 0.176. The molecule has 0 saturated heterocycles. The second-order valence-corrected chi connectivity index (χ2v) is 5.76. The van der Waals surface area contributed by atoms with E-state index in [1.54, 1.807) is 7.11 Å². The Morgan fingerprint density at radius 2 is 2.06 bits per heavy atom. The fourth-order valence-corrected chi connectivity index (χ4v) is 2.59. The van der Waals surface area contributed by atoms with Gasteiger partial charge >= 0.3 is 0 Å². The molecule has 0 aliphatic heterocycles. The average molecular weight is 240 g/mol. The molecule has 0 atom stereocenters. The molecule has 2 fully saturated rings. The van der Waals surface area contributed by atoms with Crippen molar-refractivity contribution in [2.75, 3.05) is 26.8 Å². The lowest BCUT2D eigenvalue weighted by molar-refractivity contribution is -0.135. The van der Waals surface area contributed by atoms with Crippen LogP contribution in [0.4, 0.5) is 0 Å². The van der Waals surface area contributed by atoms with Gasteiger partial charge in [-0.05, 0) is 37.5 Å². The molecule has 3 N–H and O–H groups in total. The van der Waals surface area contributed by atoms with Crippen molar-refractivity contribution in [1.82, 2.24) is 5.32 Å². The molecule has 98 valence electrons. The van der Waals surface area contributed by atoms with Crippen molar-refractivity contribution >= 4 is 5.91 Å². The van der Waals surface area contributed by atoms with E-state index in [2.05, 4.69) is 5.32 Å². The van der Waals surface area contributed by atoms with Crippen molar-refractivity contribution in [3.8, 4) is 0 Å². The Hall–Kier alpha value is -0.610. The van der Waals surface area contributed by atoms with Gasteiger partial charge < -0.3 is 15.8 Å². The van der Waals surface area contributed by atoms with Crippen molar-refractivity contribution < 1.29 is 9.53 Å². The van der Waals surface area contributed by atoms with Crippen LogP contribution >= 0.6 is 0 Å². The summed E-state index contributed by atoms with van der Waals surface area (Å²) in [4.78, 5) is 12.1. The molecule has 2 saturated carbocycles. The molecule has 2 aliphatic carbocycles. The predicted octanol–water partition coefficient (Wildman–Crippen LogP) is 1.05.